The van der Waals surface area contributed by atoms with Crippen molar-refractivity contribution in [2.45, 2.75) is 19.9 Å². The van der Waals surface area contributed by atoms with Crippen LogP contribution in [0.2, 0.25) is 0 Å². The lowest BCUT2D eigenvalue weighted by Gasteiger charge is -2.22. The van der Waals surface area contributed by atoms with E-state index in [1.54, 1.807) is 25.1 Å². The van der Waals surface area contributed by atoms with Crippen LogP contribution in [0.5, 0.6) is 5.06 Å². The maximum atomic E-state index is 12.7. The van der Waals surface area contributed by atoms with E-state index in [0.29, 0.717) is 11.3 Å². The molecule has 1 amide bonds. The number of non-ortho nitro benzene ring substituents is 1. The zero-order chi connectivity index (χ0) is 21.7. The summed E-state index contributed by atoms with van der Waals surface area (Å²) in [6.45, 7) is 1.82. The zero-order valence-electron chi connectivity index (χ0n) is 16.0. The SMILES string of the molecule is CCC(=O)N(Cc1ccc([N+](=O)[O-])cc1)c1cc(-c2ccccc2)sc1OC(=O)O. The molecular formula is C21H18N2O6S. The topological polar surface area (TPSA) is 110 Å². The molecule has 3 rings (SSSR count). The Morgan fingerprint density at radius 1 is 1.13 bits per heavy atom. The van der Waals surface area contributed by atoms with E-state index in [1.807, 2.05) is 30.3 Å². The highest BCUT2D eigenvalue weighted by Crippen LogP contribution is 2.43. The van der Waals surface area contributed by atoms with E-state index in [0.717, 1.165) is 21.8 Å². The monoisotopic (exact) mass is 426 g/mol. The van der Waals surface area contributed by atoms with Crippen molar-refractivity contribution >= 4 is 34.8 Å². The predicted octanol–water partition coefficient (Wildman–Crippen LogP) is 5.32. The Balaban J connectivity index is 2.01. The normalized spacial score (nSPS) is 10.4. The average Bonchev–Trinajstić information content (AvgIpc) is 3.15. The molecule has 0 saturated heterocycles. The minimum absolute atomic E-state index is 0.0519. The third-order valence-electron chi connectivity index (χ3n) is 4.30. The molecule has 0 aliphatic carbocycles. The molecule has 9 heteroatoms. The van der Waals surface area contributed by atoms with Crippen molar-refractivity contribution in [2.24, 2.45) is 0 Å². The van der Waals surface area contributed by atoms with Gasteiger partial charge in [0.2, 0.25) is 11.0 Å². The van der Waals surface area contributed by atoms with Crippen molar-refractivity contribution in [3.8, 4) is 15.5 Å². The molecule has 0 saturated carbocycles. The summed E-state index contributed by atoms with van der Waals surface area (Å²) in [5, 5.41) is 20.1. The number of amides is 1. The van der Waals surface area contributed by atoms with E-state index in [2.05, 4.69) is 0 Å². The Hall–Kier alpha value is -3.72. The van der Waals surface area contributed by atoms with Crippen LogP contribution in [-0.4, -0.2) is 22.1 Å². The summed E-state index contributed by atoms with van der Waals surface area (Å²) in [7, 11) is 0. The highest BCUT2D eigenvalue weighted by molar-refractivity contribution is 7.18. The number of nitrogens with zero attached hydrogens (tertiary/aromatic N) is 2. The minimum Gasteiger partial charge on any atom is -0.449 e. The van der Waals surface area contributed by atoms with Crippen molar-refractivity contribution in [1.82, 2.24) is 0 Å². The smallest absolute Gasteiger partial charge is 0.449 e. The molecule has 0 fully saturated rings. The number of rotatable bonds is 7. The van der Waals surface area contributed by atoms with Gasteiger partial charge in [-0.15, -0.1) is 0 Å². The van der Waals surface area contributed by atoms with Crippen LogP contribution in [0.4, 0.5) is 16.2 Å². The van der Waals surface area contributed by atoms with Gasteiger partial charge in [-0.25, -0.2) is 4.79 Å². The number of carbonyl (C=O) groups excluding carboxylic acids is 1. The summed E-state index contributed by atoms with van der Waals surface area (Å²) in [4.78, 5) is 36.5. The number of anilines is 1. The fourth-order valence-corrected chi connectivity index (χ4v) is 3.86. The minimum atomic E-state index is -1.48. The first kappa shape index (κ1) is 21.0. The van der Waals surface area contributed by atoms with Gasteiger partial charge < -0.3 is 14.7 Å². The van der Waals surface area contributed by atoms with Crippen LogP contribution in [0.1, 0.15) is 18.9 Å². The van der Waals surface area contributed by atoms with E-state index in [1.165, 1.54) is 17.0 Å². The Labute approximate surface area is 176 Å². The van der Waals surface area contributed by atoms with Crippen LogP contribution in [0.3, 0.4) is 0 Å². The molecule has 1 heterocycles. The van der Waals surface area contributed by atoms with Gasteiger partial charge in [-0.05, 0) is 17.2 Å². The van der Waals surface area contributed by atoms with E-state index in [4.69, 9.17) is 9.84 Å². The molecule has 30 heavy (non-hydrogen) atoms. The standard InChI is InChI=1S/C21H18N2O6S/c1-2-19(24)22(13-14-8-10-16(11-9-14)23(27)28)17-12-18(15-6-4-3-5-7-15)30-20(17)29-21(25)26/h3-12H,2,13H2,1H3,(H,25,26). The third-order valence-corrected chi connectivity index (χ3v) is 5.35. The summed E-state index contributed by atoms with van der Waals surface area (Å²) in [6, 6.07) is 16.9. The van der Waals surface area contributed by atoms with Gasteiger partial charge in [0.1, 0.15) is 0 Å². The molecule has 0 unspecified atom stereocenters. The second kappa shape index (κ2) is 9.19. The fraction of sp³-hybridized carbons (Fsp3) is 0.143. The van der Waals surface area contributed by atoms with E-state index < -0.39 is 11.1 Å². The van der Waals surface area contributed by atoms with Gasteiger partial charge in [0.15, 0.2) is 0 Å². The average molecular weight is 426 g/mol. The van der Waals surface area contributed by atoms with Gasteiger partial charge in [-0.2, -0.15) is 0 Å². The number of benzene rings is 2. The summed E-state index contributed by atoms with van der Waals surface area (Å²) in [6.07, 6.45) is -1.28. The van der Waals surface area contributed by atoms with Gasteiger partial charge in [-0.3, -0.25) is 14.9 Å². The van der Waals surface area contributed by atoms with Crippen LogP contribution in [-0.2, 0) is 11.3 Å². The van der Waals surface area contributed by atoms with Gasteiger partial charge in [0.25, 0.3) is 5.69 Å². The molecule has 154 valence electrons. The molecule has 0 atom stereocenters. The highest BCUT2D eigenvalue weighted by atomic mass is 32.1. The van der Waals surface area contributed by atoms with Gasteiger partial charge in [0.05, 0.1) is 17.2 Å². The summed E-state index contributed by atoms with van der Waals surface area (Å²) < 4.78 is 4.96. The number of nitro benzene ring substituents is 1. The van der Waals surface area contributed by atoms with Crippen molar-refractivity contribution in [3.63, 3.8) is 0 Å². The lowest BCUT2D eigenvalue weighted by atomic mass is 10.1. The fourth-order valence-electron chi connectivity index (χ4n) is 2.85. The van der Waals surface area contributed by atoms with Crippen molar-refractivity contribution in [2.75, 3.05) is 4.90 Å². The number of hydrogen-bond donors (Lipinski definition) is 1. The molecule has 8 nitrogen and oxygen atoms in total. The Morgan fingerprint density at radius 3 is 2.37 bits per heavy atom. The Kier molecular flexibility index (Phi) is 6.43. The molecule has 0 spiro atoms. The predicted molar refractivity (Wildman–Crippen MR) is 113 cm³/mol. The lowest BCUT2D eigenvalue weighted by molar-refractivity contribution is -0.384. The summed E-state index contributed by atoms with van der Waals surface area (Å²) in [5.74, 6) is -0.235. The maximum Gasteiger partial charge on any atom is 0.512 e. The number of nitro groups is 1. The number of hydrogen-bond acceptors (Lipinski definition) is 6. The van der Waals surface area contributed by atoms with Crippen LogP contribution in [0, 0.1) is 10.1 Å². The zero-order valence-corrected chi connectivity index (χ0v) is 16.8. The largest absolute Gasteiger partial charge is 0.512 e. The number of carbonyl (C=O) groups is 2. The van der Waals surface area contributed by atoms with Gasteiger partial charge in [0, 0.05) is 23.4 Å². The van der Waals surface area contributed by atoms with Crippen molar-refractivity contribution in [3.05, 3.63) is 76.3 Å². The van der Waals surface area contributed by atoms with E-state index in [-0.39, 0.29) is 29.6 Å². The number of carboxylic acid groups (broad SMARTS) is 1. The van der Waals surface area contributed by atoms with Gasteiger partial charge >= 0.3 is 6.16 Å². The van der Waals surface area contributed by atoms with Crippen LogP contribution < -0.4 is 9.64 Å². The molecule has 0 bridgehead atoms. The summed E-state index contributed by atoms with van der Waals surface area (Å²) in [5.41, 5.74) is 1.81. The van der Waals surface area contributed by atoms with Crippen LogP contribution in [0.25, 0.3) is 10.4 Å². The van der Waals surface area contributed by atoms with Crippen LogP contribution in [0.15, 0.2) is 60.7 Å². The molecule has 3 aromatic rings. The Morgan fingerprint density at radius 2 is 1.80 bits per heavy atom. The van der Waals surface area contributed by atoms with Crippen molar-refractivity contribution < 1.29 is 24.4 Å². The maximum absolute atomic E-state index is 12.7. The number of ether oxygens (including phenoxy) is 1. The highest BCUT2D eigenvalue weighted by Gasteiger charge is 2.24. The first-order valence-electron chi connectivity index (χ1n) is 9.02. The van der Waals surface area contributed by atoms with E-state index in [9.17, 15) is 19.7 Å². The van der Waals surface area contributed by atoms with Gasteiger partial charge in [-0.1, -0.05) is 60.7 Å². The number of thiophene rings is 1. The quantitative estimate of drug-likeness (QED) is 0.311. The molecular weight excluding hydrogens is 408 g/mol. The molecule has 0 aliphatic rings. The van der Waals surface area contributed by atoms with E-state index >= 15 is 0 Å². The molecule has 1 N–H and O–H groups in total. The molecule has 0 aliphatic heterocycles. The van der Waals surface area contributed by atoms with Crippen LogP contribution >= 0.6 is 11.3 Å². The van der Waals surface area contributed by atoms with Crippen molar-refractivity contribution in [1.29, 1.82) is 0 Å². The second-order valence-corrected chi connectivity index (χ2v) is 7.29. The third kappa shape index (κ3) is 4.81. The second-order valence-electron chi connectivity index (χ2n) is 6.27. The first-order chi connectivity index (χ1) is 14.4. The first-order valence-corrected chi connectivity index (χ1v) is 9.84. The Bertz CT molecular complexity index is 1060. The summed E-state index contributed by atoms with van der Waals surface area (Å²) >= 11 is 1.13. The molecule has 2 aromatic carbocycles. The molecule has 0 radical (unpaired) electrons. The lowest BCUT2D eigenvalue weighted by Crippen LogP contribution is -2.29. The molecule has 1 aromatic heterocycles.